The first-order valence-electron chi connectivity index (χ1n) is 7.15. The van der Waals surface area contributed by atoms with Gasteiger partial charge in [0, 0.05) is 5.69 Å². The van der Waals surface area contributed by atoms with Gasteiger partial charge in [0.2, 0.25) is 0 Å². The normalized spacial score (nSPS) is 23.5. The molecule has 0 fully saturated rings. The highest BCUT2D eigenvalue weighted by Crippen LogP contribution is 2.46. The Balaban J connectivity index is 1.86. The summed E-state index contributed by atoms with van der Waals surface area (Å²) in [6.07, 6.45) is 1.77. The maximum absolute atomic E-state index is 13.5. The van der Waals surface area contributed by atoms with Crippen molar-refractivity contribution < 1.29 is 4.39 Å². The summed E-state index contributed by atoms with van der Waals surface area (Å²) in [7, 11) is 0. The summed E-state index contributed by atoms with van der Waals surface area (Å²) in [5, 5.41) is 0. The van der Waals surface area contributed by atoms with E-state index in [1.54, 1.807) is 6.07 Å². The van der Waals surface area contributed by atoms with E-state index in [9.17, 15) is 4.39 Å². The lowest BCUT2D eigenvalue weighted by molar-refractivity contribution is 0.476. The van der Waals surface area contributed by atoms with Crippen LogP contribution in [0.3, 0.4) is 0 Å². The van der Waals surface area contributed by atoms with Crippen molar-refractivity contribution in [3.05, 3.63) is 65.5 Å². The lowest BCUT2D eigenvalue weighted by Crippen LogP contribution is -2.48. The third-order valence-corrected chi connectivity index (χ3v) is 4.55. The Bertz CT molecular complexity index is 726. The van der Waals surface area contributed by atoms with Gasteiger partial charge in [-0.3, -0.25) is 4.99 Å². The number of hydrogen-bond acceptors (Lipinski definition) is 3. The van der Waals surface area contributed by atoms with E-state index in [-0.39, 0.29) is 11.4 Å². The van der Waals surface area contributed by atoms with Crippen molar-refractivity contribution in [1.29, 1.82) is 0 Å². The van der Waals surface area contributed by atoms with E-state index in [4.69, 9.17) is 5.73 Å². The molecular formula is C17H16FN3. The molecule has 1 unspecified atom stereocenters. The number of halogens is 1. The molecule has 21 heavy (non-hydrogen) atoms. The van der Waals surface area contributed by atoms with Gasteiger partial charge < -0.3 is 10.6 Å². The van der Waals surface area contributed by atoms with Gasteiger partial charge in [-0.05, 0) is 48.2 Å². The lowest BCUT2D eigenvalue weighted by Gasteiger charge is -2.37. The maximum Gasteiger partial charge on any atom is 0.196 e. The minimum Gasteiger partial charge on any atom is -0.369 e. The van der Waals surface area contributed by atoms with Crippen LogP contribution in [0.4, 0.5) is 10.1 Å². The van der Waals surface area contributed by atoms with E-state index >= 15 is 0 Å². The number of benzene rings is 2. The highest BCUT2D eigenvalue weighted by atomic mass is 19.1. The molecule has 0 aromatic heterocycles. The molecule has 0 bridgehead atoms. The second-order valence-corrected chi connectivity index (χ2v) is 5.68. The molecule has 0 amide bonds. The minimum absolute atomic E-state index is 0.177. The quantitative estimate of drug-likeness (QED) is 0.873. The van der Waals surface area contributed by atoms with E-state index in [1.165, 1.54) is 6.07 Å². The molecule has 1 atom stereocenters. The zero-order chi connectivity index (χ0) is 14.4. The largest absolute Gasteiger partial charge is 0.369 e. The maximum atomic E-state index is 13.5. The van der Waals surface area contributed by atoms with Crippen LogP contribution < -0.4 is 10.6 Å². The fraction of sp³-hybridized carbons (Fsp3) is 0.235. The van der Waals surface area contributed by atoms with Crippen molar-refractivity contribution in [3.63, 3.8) is 0 Å². The highest BCUT2D eigenvalue weighted by molar-refractivity contribution is 5.98. The number of anilines is 1. The summed E-state index contributed by atoms with van der Waals surface area (Å²) >= 11 is 0. The van der Waals surface area contributed by atoms with Gasteiger partial charge in [0.15, 0.2) is 5.96 Å². The Morgan fingerprint density at radius 1 is 1.14 bits per heavy atom. The van der Waals surface area contributed by atoms with Crippen molar-refractivity contribution in [2.45, 2.75) is 18.4 Å². The molecule has 0 saturated heterocycles. The summed E-state index contributed by atoms with van der Waals surface area (Å²) in [5.74, 6) is 0.363. The van der Waals surface area contributed by atoms with Crippen molar-refractivity contribution in [3.8, 4) is 0 Å². The Kier molecular flexibility index (Phi) is 2.55. The van der Waals surface area contributed by atoms with Crippen LogP contribution in [-0.4, -0.2) is 12.5 Å². The second kappa shape index (κ2) is 4.32. The van der Waals surface area contributed by atoms with Gasteiger partial charge in [0.1, 0.15) is 5.82 Å². The monoisotopic (exact) mass is 281 g/mol. The van der Waals surface area contributed by atoms with Gasteiger partial charge in [-0.1, -0.05) is 24.3 Å². The fourth-order valence-corrected chi connectivity index (χ4v) is 3.62. The van der Waals surface area contributed by atoms with Crippen LogP contribution in [-0.2, 0) is 12.0 Å². The standard InChI is InChI=1S/C17H16FN3/c18-13-6-7-15-12(10-13)8-9-17(15)11-20-16(19)21(17)14-4-2-1-3-5-14/h1-7,10H,8-9,11H2,(H2,19,20). The van der Waals surface area contributed by atoms with Gasteiger partial charge in [-0.15, -0.1) is 0 Å². The molecule has 2 aromatic rings. The highest BCUT2D eigenvalue weighted by Gasteiger charge is 2.48. The molecule has 2 aromatic carbocycles. The molecule has 1 spiro atoms. The predicted molar refractivity (Wildman–Crippen MR) is 81.8 cm³/mol. The Labute approximate surface area is 122 Å². The van der Waals surface area contributed by atoms with Gasteiger partial charge in [0.25, 0.3) is 0 Å². The molecule has 0 saturated carbocycles. The molecular weight excluding hydrogens is 265 g/mol. The Hall–Kier alpha value is -2.36. The average Bonchev–Trinajstić information content (AvgIpc) is 3.02. The zero-order valence-electron chi connectivity index (χ0n) is 11.6. The Morgan fingerprint density at radius 3 is 2.76 bits per heavy atom. The summed E-state index contributed by atoms with van der Waals surface area (Å²) in [5.41, 5.74) is 9.15. The van der Waals surface area contributed by atoms with E-state index in [0.717, 1.165) is 29.7 Å². The van der Waals surface area contributed by atoms with Crippen molar-refractivity contribution in [2.24, 2.45) is 10.7 Å². The zero-order valence-corrected chi connectivity index (χ0v) is 11.6. The van der Waals surface area contributed by atoms with Crippen molar-refractivity contribution in [2.75, 3.05) is 11.4 Å². The fourth-order valence-electron chi connectivity index (χ4n) is 3.62. The van der Waals surface area contributed by atoms with Gasteiger partial charge in [-0.2, -0.15) is 0 Å². The topological polar surface area (TPSA) is 41.6 Å². The smallest absolute Gasteiger partial charge is 0.196 e. The number of nitrogens with zero attached hydrogens (tertiary/aromatic N) is 2. The van der Waals surface area contributed by atoms with Crippen molar-refractivity contribution in [1.82, 2.24) is 0 Å². The number of fused-ring (bicyclic) bond motifs is 2. The molecule has 0 radical (unpaired) electrons. The van der Waals surface area contributed by atoms with Gasteiger partial charge >= 0.3 is 0 Å². The van der Waals surface area contributed by atoms with Crippen LogP contribution in [0.25, 0.3) is 0 Å². The SMILES string of the molecule is NC1=NCC2(CCc3cc(F)ccc32)N1c1ccccc1. The van der Waals surface area contributed by atoms with Crippen LogP contribution in [0, 0.1) is 5.82 Å². The summed E-state index contributed by atoms with van der Waals surface area (Å²) < 4.78 is 13.5. The molecule has 106 valence electrons. The average molecular weight is 281 g/mol. The molecule has 2 N–H and O–H groups in total. The molecule has 1 heterocycles. The lowest BCUT2D eigenvalue weighted by atomic mass is 9.90. The van der Waals surface area contributed by atoms with Crippen molar-refractivity contribution >= 4 is 11.6 Å². The summed E-state index contributed by atoms with van der Waals surface area (Å²) in [6.45, 7) is 0.631. The number of nitrogens with two attached hydrogens (primary N) is 1. The number of rotatable bonds is 1. The molecule has 1 aliphatic heterocycles. The van der Waals surface area contributed by atoms with Gasteiger partial charge in [-0.25, -0.2) is 4.39 Å². The number of guanidine groups is 1. The summed E-state index contributed by atoms with van der Waals surface area (Å²) in [4.78, 5) is 6.59. The van der Waals surface area contributed by atoms with E-state index in [2.05, 4.69) is 9.89 Å². The minimum atomic E-state index is -0.255. The van der Waals surface area contributed by atoms with Gasteiger partial charge in [0.05, 0.1) is 12.1 Å². The molecule has 4 rings (SSSR count). The van der Waals surface area contributed by atoms with E-state index < -0.39 is 0 Å². The molecule has 2 aliphatic rings. The number of para-hydroxylation sites is 1. The van der Waals surface area contributed by atoms with E-state index in [0.29, 0.717) is 12.5 Å². The number of aryl methyl sites for hydroxylation is 1. The first-order valence-corrected chi connectivity index (χ1v) is 7.15. The number of hydrogen-bond donors (Lipinski definition) is 1. The first kappa shape index (κ1) is 12.4. The van der Waals surface area contributed by atoms with Crippen LogP contribution in [0.5, 0.6) is 0 Å². The van der Waals surface area contributed by atoms with E-state index in [1.807, 2.05) is 36.4 Å². The predicted octanol–water partition coefficient (Wildman–Crippen LogP) is 2.80. The molecule has 4 heteroatoms. The number of aliphatic imine (C=N–C) groups is 1. The summed E-state index contributed by atoms with van der Waals surface area (Å²) in [6, 6.07) is 15.1. The first-order chi connectivity index (χ1) is 10.2. The van der Waals surface area contributed by atoms with Crippen LogP contribution in [0.2, 0.25) is 0 Å². The molecule has 1 aliphatic carbocycles. The second-order valence-electron chi connectivity index (χ2n) is 5.68. The van der Waals surface area contributed by atoms with Crippen LogP contribution in [0.15, 0.2) is 53.5 Å². The third-order valence-electron chi connectivity index (χ3n) is 4.55. The van der Waals surface area contributed by atoms with Crippen LogP contribution >= 0.6 is 0 Å². The van der Waals surface area contributed by atoms with Crippen LogP contribution in [0.1, 0.15) is 17.5 Å². The molecule has 3 nitrogen and oxygen atoms in total. The Morgan fingerprint density at radius 2 is 1.95 bits per heavy atom. The third kappa shape index (κ3) is 1.68.